The molecule has 0 bridgehead atoms. The van der Waals surface area contributed by atoms with E-state index in [1.165, 1.54) is 4.53 Å². The van der Waals surface area contributed by atoms with Gasteiger partial charge in [0, 0.05) is 11.8 Å². The van der Waals surface area contributed by atoms with E-state index < -0.39 is 0 Å². The van der Waals surface area contributed by atoms with Crippen molar-refractivity contribution in [2.75, 3.05) is 9.70 Å². The van der Waals surface area contributed by atoms with Crippen molar-refractivity contribution in [1.82, 2.24) is 5.53 Å². The van der Waals surface area contributed by atoms with Crippen LogP contribution in [0.3, 0.4) is 0 Å². The summed E-state index contributed by atoms with van der Waals surface area (Å²) in [6, 6.07) is 7.21. The van der Waals surface area contributed by atoms with Crippen LogP contribution in [0.4, 0.5) is 11.4 Å². The summed E-state index contributed by atoms with van der Waals surface area (Å²) >= 11 is 5.66. The van der Waals surface area contributed by atoms with Crippen molar-refractivity contribution in [3.63, 3.8) is 0 Å². The molecule has 4 nitrogen and oxygen atoms in total. The predicted molar refractivity (Wildman–Crippen MR) is 42.2 cm³/mol. The number of anilines is 2. The van der Waals surface area contributed by atoms with Crippen LogP contribution in [0.15, 0.2) is 24.3 Å². The van der Waals surface area contributed by atoms with Gasteiger partial charge in [-0.25, -0.2) is 0 Å². The number of para-hydroxylation sites is 2. The van der Waals surface area contributed by atoms with Crippen molar-refractivity contribution < 1.29 is 5.21 Å². The fourth-order valence-corrected chi connectivity index (χ4v) is 1.21. The summed E-state index contributed by atoms with van der Waals surface area (Å²) in [5.41, 5.74) is 3.84. The second-order valence-electron chi connectivity index (χ2n) is 2.18. The zero-order chi connectivity index (χ0) is 7.84. The molecule has 5 heteroatoms. The molecule has 0 saturated carbocycles. The van der Waals surface area contributed by atoms with Crippen molar-refractivity contribution in [3.05, 3.63) is 24.3 Å². The lowest BCUT2D eigenvalue weighted by atomic mass is 10.3. The van der Waals surface area contributed by atoms with E-state index in [1.54, 1.807) is 12.1 Å². The van der Waals surface area contributed by atoms with Gasteiger partial charge in [-0.15, -0.1) is 5.53 Å². The lowest BCUT2D eigenvalue weighted by molar-refractivity contribution is 0.224. The van der Waals surface area contributed by atoms with E-state index in [9.17, 15) is 0 Å². The van der Waals surface area contributed by atoms with Crippen LogP contribution >= 0.6 is 11.8 Å². The summed E-state index contributed by atoms with van der Waals surface area (Å²) in [6.45, 7) is 0. The molecule has 2 N–H and O–H groups in total. The molecule has 0 aliphatic carbocycles. The van der Waals surface area contributed by atoms with Gasteiger partial charge >= 0.3 is 0 Å². The van der Waals surface area contributed by atoms with Crippen molar-refractivity contribution in [1.29, 1.82) is 0 Å². The molecule has 0 radical (unpaired) electrons. The minimum Gasteiger partial charge on any atom is -0.271 e. The summed E-state index contributed by atoms with van der Waals surface area (Å²) in [6.07, 6.45) is 0. The molecular weight excluding hydrogens is 166 g/mol. The van der Waals surface area contributed by atoms with Crippen LogP contribution in [0, 0.1) is 0 Å². The molecule has 0 aromatic heterocycles. The maximum atomic E-state index is 9.15. The molecule has 0 fully saturated rings. The number of hydrogen-bond acceptors (Lipinski definition) is 4. The Kier molecular flexibility index (Phi) is 1.38. The normalized spacial score (nSPS) is 15.5. The third-order valence-corrected chi connectivity index (χ3v) is 1.76. The van der Waals surface area contributed by atoms with Crippen molar-refractivity contribution >= 4 is 23.2 Å². The number of nitrogens with zero attached hydrogens (tertiary/aromatic N) is 2. The molecule has 0 saturated heterocycles. The van der Waals surface area contributed by atoms with Crippen LogP contribution in [0.2, 0.25) is 0 Å². The average Bonchev–Trinajstić information content (AvgIpc) is 2.30. The lowest BCUT2D eigenvalue weighted by Gasteiger charge is -2.08. The fourth-order valence-electron chi connectivity index (χ4n) is 1.00. The van der Waals surface area contributed by atoms with E-state index in [4.69, 9.17) is 17.0 Å². The molecule has 1 aromatic rings. The molecule has 0 spiro atoms. The smallest absolute Gasteiger partial charge is 0.110 e. The van der Waals surface area contributed by atoms with E-state index in [0.717, 1.165) is 10.9 Å². The maximum absolute atomic E-state index is 9.15. The number of rotatable bonds is 0. The Morgan fingerprint density at radius 2 is 1.91 bits per heavy atom. The molecule has 58 valence electrons. The first-order chi connectivity index (χ1) is 5.29. The van der Waals surface area contributed by atoms with Gasteiger partial charge in [-0.3, -0.25) is 5.21 Å². The van der Waals surface area contributed by atoms with E-state index in [0.29, 0.717) is 5.69 Å². The first-order valence-corrected chi connectivity index (χ1v) is 3.43. The van der Waals surface area contributed by atoms with Crippen LogP contribution < -0.4 is 15.2 Å². The van der Waals surface area contributed by atoms with Crippen LogP contribution in [0.1, 0.15) is 0 Å². The molecule has 1 aliphatic rings. The second-order valence-corrected chi connectivity index (χ2v) is 2.52. The van der Waals surface area contributed by atoms with Gasteiger partial charge in [0.05, 0.1) is 5.69 Å². The van der Waals surface area contributed by atoms with E-state index in [1.807, 2.05) is 12.1 Å². The molecular formula is C6H6ClN3O. The van der Waals surface area contributed by atoms with Crippen LogP contribution in [0.5, 0.6) is 0 Å². The molecule has 1 aromatic carbocycles. The average molecular weight is 172 g/mol. The van der Waals surface area contributed by atoms with Crippen LogP contribution in [0.25, 0.3) is 0 Å². The zero-order valence-corrected chi connectivity index (χ0v) is 6.28. The molecule has 1 heterocycles. The zero-order valence-electron chi connectivity index (χ0n) is 5.53. The van der Waals surface area contributed by atoms with Gasteiger partial charge in [-0.05, 0) is 12.1 Å². The quantitative estimate of drug-likeness (QED) is 0.577. The molecule has 0 atom stereocenters. The second kappa shape index (κ2) is 2.27. The minimum atomic E-state index is 0.641. The van der Waals surface area contributed by atoms with E-state index in [-0.39, 0.29) is 0 Å². The third-order valence-electron chi connectivity index (χ3n) is 1.50. The number of hydrogen-bond donors (Lipinski definition) is 2. The lowest BCUT2D eigenvalue weighted by Crippen LogP contribution is -2.36. The predicted octanol–water partition coefficient (Wildman–Crippen LogP) is 1.28. The summed E-state index contributed by atoms with van der Waals surface area (Å²) in [5, 5.41) is 10.0. The highest BCUT2D eigenvalue weighted by atomic mass is 35.5. The Hall–Kier alpha value is -0.970. The highest BCUT2D eigenvalue weighted by Gasteiger charge is 2.22. The van der Waals surface area contributed by atoms with Gasteiger partial charge in [0.2, 0.25) is 0 Å². The SMILES string of the molecule is ON1NN(Cl)c2ccccc21. The number of halogens is 1. The highest BCUT2D eigenvalue weighted by molar-refractivity contribution is 6.26. The van der Waals surface area contributed by atoms with Gasteiger partial charge in [-0.1, -0.05) is 12.1 Å². The van der Waals surface area contributed by atoms with Crippen LogP contribution in [-0.2, 0) is 0 Å². The highest BCUT2D eigenvalue weighted by Crippen LogP contribution is 2.32. The number of hydrazine groups is 2. The maximum Gasteiger partial charge on any atom is 0.110 e. The minimum absolute atomic E-state index is 0.641. The van der Waals surface area contributed by atoms with Gasteiger partial charge in [0.25, 0.3) is 0 Å². The van der Waals surface area contributed by atoms with E-state index in [2.05, 4.69) is 5.53 Å². The molecule has 0 unspecified atom stereocenters. The van der Waals surface area contributed by atoms with Gasteiger partial charge in [0.15, 0.2) is 0 Å². The summed E-state index contributed by atoms with van der Waals surface area (Å²) < 4.78 is 1.22. The van der Waals surface area contributed by atoms with Crippen molar-refractivity contribution in [3.8, 4) is 0 Å². The molecule has 11 heavy (non-hydrogen) atoms. The first-order valence-electron chi connectivity index (χ1n) is 3.09. The summed E-state index contributed by atoms with van der Waals surface area (Å²) in [7, 11) is 0. The summed E-state index contributed by atoms with van der Waals surface area (Å²) in [4.78, 5) is 0. The molecule has 0 amide bonds. The van der Waals surface area contributed by atoms with Gasteiger partial charge in [-0.2, -0.15) is 9.70 Å². The Bertz CT molecular complexity index is 253. The number of benzene rings is 1. The van der Waals surface area contributed by atoms with Gasteiger partial charge in [0.1, 0.15) is 5.69 Å². The largest absolute Gasteiger partial charge is 0.271 e. The number of nitrogens with one attached hydrogen (secondary N) is 1. The Labute approximate surface area is 68.6 Å². The van der Waals surface area contributed by atoms with Gasteiger partial charge < -0.3 is 0 Å². The Morgan fingerprint density at radius 3 is 2.55 bits per heavy atom. The first kappa shape index (κ1) is 6.72. The van der Waals surface area contributed by atoms with Crippen molar-refractivity contribution in [2.45, 2.75) is 0 Å². The Morgan fingerprint density at radius 1 is 1.27 bits per heavy atom. The fraction of sp³-hybridized carbons (Fsp3) is 0. The topological polar surface area (TPSA) is 38.7 Å². The van der Waals surface area contributed by atoms with Crippen LogP contribution in [-0.4, -0.2) is 5.21 Å². The number of fused-ring (bicyclic) bond motifs is 1. The Balaban J connectivity index is 2.52. The van der Waals surface area contributed by atoms with E-state index >= 15 is 0 Å². The summed E-state index contributed by atoms with van der Waals surface area (Å²) in [5.74, 6) is 0. The standard InChI is InChI=1S/C6H6ClN3O/c7-9-5-3-1-2-4-6(5)10(11)8-9/h1-4,8,11H. The molecule has 1 aliphatic heterocycles. The molecule has 2 rings (SSSR count). The van der Waals surface area contributed by atoms with Crippen molar-refractivity contribution in [2.24, 2.45) is 0 Å². The third kappa shape index (κ3) is 0.920. The monoisotopic (exact) mass is 171 g/mol.